The number of ether oxygens (including phenoxy) is 1. The Bertz CT molecular complexity index is 1210. The molecule has 0 radical (unpaired) electrons. The number of fused-ring (bicyclic) bond motifs is 1. The molecule has 0 aliphatic carbocycles. The smallest absolute Gasteiger partial charge is 0.245 e. The first-order chi connectivity index (χ1) is 15.9. The fourth-order valence-corrected chi connectivity index (χ4v) is 6.07. The van der Waals surface area contributed by atoms with E-state index in [9.17, 15) is 13.2 Å². The fourth-order valence-electron chi connectivity index (χ4n) is 3.90. The van der Waals surface area contributed by atoms with Crippen LogP contribution in [0.4, 0.5) is 0 Å². The molecule has 2 heterocycles. The minimum atomic E-state index is -3.68. The standard InChI is InChI=1S/C22H27N5O4S2/c1-16(22(28)23-11-10-17-6-8-18(31-2)9-7-17)26-12-14-27(15-13-26)33(29,30)20-5-3-4-19-21(20)25-32-24-19/h3-9,16H,10-15H2,1-2H3,(H,23,28). The van der Waals surface area contributed by atoms with E-state index >= 15 is 0 Å². The molecule has 0 saturated carbocycles. The van der Waals surface area contributed by atoms with E-state index in [0.717, 1.165) is 29.5 Å². The molecule has 1 unspecified atom stereocenters. The lowest BCUT2D eigenvalue weighted by Crippen LogP contribution is -2.55. The van der Waals surface area contributed by atoms with E-state index in [0.29, 0.717) is 43.8 Å². The molecule has 9 nitrogen and oxygen atoms in total. The topological polar surface area (TPSA) is 105 Å². The SMILES string of the molecule is COc1ccc(CCNC(=O)C(C)N2CCN(S(=O)(=O)c3cccc4nsnc34)CC2)cc1. The molecule has 1 N–H and O–H groups in total. The summed E-state index contributed by atoms with van der Waals surface area (Å²) in [6, 6.07) is 12.4. The number of nitrogens with one attached hydrogen (secondary N) is 1. The van der Waals surface area contributed by atoms with Gasteiger partial charge in [-0.2, -0.15) is 13.1 Å². The van der Waals surface area contributed by atoms with Crippen molar-refractivity contribution >= 4 is 38.7 Å². The number of piperazine rings is 1. The maximum absolute atomic E-state index is 13.2. The van der Waals surface area contributed by atoms with E-state index in [1.54, 1.807) is 25.3 Å². The number of rotatable bonds is 8. The van der Waals surface area contributed by atoms with Gasteiger partial charge in [0.1, 0.15) is 21.7 Å². The van der Waals surface area contributed by atoms with E-state index in [1.165, 1.54) is 4.31 Å². The van der Waals surface area contributed by atoms with Crippen LogP contribution in [0.5, 0.6) is 5.75 Å². The summed E-state index contributed by atoms with van der Waals surface area (Å²) >= 11 is 1.00. The molecule has 176 valence electrons. The molecule has 1 aliphatic rings. The number of nitrogens with zero attached hydrogens (tertiary/aromatic N) is 4. The molecule has 11 heteroatoms. The van der Waals surface area contributed by atoms with Gasteiger partial charge in [-0.1, -0.05) is 18.2 Å². The fraction of sp³-hybridized carbons (Fsp3) is 0.409. The zero-order valence-electron chi connectivity index (χ0n) is 18.6. The minimum Gasteiger partial charge on any atom is -0.497 e. The van der Waals surface area contributed by atoms with Crippen LogP contribution in [0.25, 0.3) is 11.0 Å². The van der Waals surface area contributed by atoms with Crippen LogP contribution < -0.4 is 10.1 Å². The highest BCUT2D eigenvalue weighted by atomic mass is 32.2. The molecule has 1 aliphatic heterocycles. The molecule has 4 rings (SSSR count). The monoisotopic (exact) mass is 489 g/mol. The summed E-state index contributed by atoms with van der Waals surface area (Å²) < 4.78 is 41.3. The maximum Gasteiger partial charge on any atom is 0.245 e. The van der Waals surface area contributed by atoms with Gasteiger partial charge in [0.15, 0.2) is 0 Å². The summed E-state index contributed by atoms with van der Waals surface area (Å²) in [5.74, 6) is 0.746. The van der Waals surface area contributed by atoms with Gasteiger partial charge < -0.3 is 10.1 Å². The van der Waals surface area contributed by atoms with Crippen molar-refractivity contribution in [1.82, 2.24) is 23.3 Å². The first kappa shape index (κ1) is 23.6. The number of aromatic nitrogens is 2. The van der Waals surface area contributed by atoms with Gasteiger partial charge in [-0.3, -0.25) is 9.69 Å². The number of carbonyl (C=O) groups excluding carboxylic acids is 1. The number of methoxy groups -OCH3 is 1. The van der Waals surface area contributed by atoms with Gasteiger partial charge in [-0.25, -0.2) is 8.42 Å². The molecular weight excluding hydrogens is 462 g/mol. The highest BCUT2D eigenvalue weighted by Gasteiger charge is 2.33. The lowest BCUT2D eigenvalue weighted by Gasteiger charge is -2.36. The Balaban J connectivity index is 1.29. The van der Waals surface area contributed by atoms with Crippen LogP contribution in [0.2, 0.25) is 0 Å². The summed E-state index contributed by atoms with van der Waals surface area (Å²) in [4.78, 5) is 14.8. The number of benzene rings is 2. The predicted octanol–water partition coefficient (Wildman–Crippen LogP) is 1.75. The van der Waals surface area contributed by atoms with Crippen molar-refractivity contribution in [2.75, 3.05) is 39.8 Å². The van der Waals surface area contributed by atoms with E-state index in [4.69, 9.17) is 4.74 Å². The number of hydrogen-bond donors (Lipinski definition) is 1. The van der Waals surface area contributed by atoms with Crippen LogP contribution in [-0.2, 0) is 21.2 Å². The third-order valence-corrected chi connectivity index (χ3v) is 8.41. The normalized spacial score (nSPS) is 16.5. The molecule has 33 heavy (non-hydrogen) atoms. The summed E-state index contributed by atoms with van der Waals surface area (Å²) in [6.45, 7) is 4.00. The highest BCUT2D eigenvalue weighted by Crippen LogP contribution is 2.25. The average molecular weight is 490 g/mol. The van der Waals surface area contributed by atoms with Gasteiger partial charge in [-0.15, -0.1) is 0 Å². The summed E-state index contributed by atoms with van der Waals surface area (Å²) in [6.07, 6.45) is 0.728. The minimum absolute atomic E-state index is 0.0573. The van der Waals surface area contributed by atoms with Crippen molar-refractivity contribution in [1.29, 1.82) is 0 Å². The highest BCUT2D eigenvalue weighted by molar-refractivity contribution is 7.89. The van der Waals surface area contributed by atoms with Crippen molar-refractivity contribution in [3.8, 4) is 5.75 Å². The number of sulfonamides is 1. The van der Waals surface area contributed by atoms with Crippen molar-refractivity contribution in [3.05, 3.63) is 48.0 Å². The average Bonchev–Trinajstić information content (AvgIpc) is 3.33. The summed E-state index contributed by atoms with van der Waals surface area (Å²) in [5.41, 5.74) is 2.11. The third kappa shape index (κ3) is 5.16. The molecule has 1 fully saturated rings. The molecule has 3 aromatic rings. The van der Waals surface area contributed by atoms with Gasteiger partial charge in [0, 0.05) is 32.7 Å². The Labute approximate surface area is 197 Å². The number of amides is 1. The third-order valence-electron chi connectivity index (χ3n) is 5.94. The van der Waals surface area contributed by atoms with Crippen molar-refractivity contribution < 1.29 is 17.9 Å². The van der Waals surface area contributed by atoms with Gasteiger partial charge in [0.05, 0.1) is 24.9 Å². The van der Waals surface area contributed by atoms with Gasteiger partial charge in [-0.05, 0) is 43.2 Å². The van der Waals surface area contributed by atoms with Gasteiger partial charge in [0.25, 0.3) is 0 Å². The molecule has 2 aromatic carbocycles. The predicted molar refractivity (Wildman–Crippen MR) is 127 cm³/mol. The molecule has 1 aromatic heterocycles. The number of carbonyl (C=O) groups is 1. The quantitative estimate of drug-likeness (QED) is 0.514. The second-order valence-electron chi connectivity index (χ2n) is 7.89. The second kappa shape index (κ2) is 10.1. The molecule has 1 saturated heterocycles. The van der Waals surface area contributed by atoms with Crippen molar-refractivity contribution in [3.63, 3.8) is 0 Å². The number of hydrogen-bond acceptors (Lipinski definition) is 8. The zero-order chi connectivity index (χ0) is 23.4. The Morgan fingerprint density at radius 3 is 2.55 bits per heavy atom. The first-order valence-electron chi connectivity index (χ1n) is 10.8. The molecule has 1 atom stereocenters. The van der Waals surface area contributed by atoms with Crippen molar-refractivity contribution in [2.45, 2.75) is 24.3 Å². The van der Waals surface area contributed by atoms with Crippen LogP contribution in [0, 0.1) is 0 Å². The Morgan fingerprint density at radius 2 is 1.85 bits per heavy atom. The van der Waals surface area contributed by atoms with Crippen LogP contribution in [0.3, 0.4) is 0 Å². The molecular formula is C22H27N5O4S2. The maximum atomic E-state index is 13.2. The first-order valence-corrected chi connectivity index (χ1v) is 12.9. The van der Waals surface area contributed by atoms with Crippen LogP contribution in [0.1, 0.15) is 12.5 Å². The molecule has 0 bridgehead atoms. The summed E-state index contributed by atoms with van der Waals surface area (Å²) in [7, 11) is -2.05. The lowest BCUT2D eigenvalue weighted by molar-refractivity contribution is -0.126. The van der Waals surface area contributed by atoms with E-state index in [1.807, 2.05) is 36.1 Å². The van der Waals surface area contributed by atoms with Crippen LogP contribution in [-0.4, -0.2) is 78.2 Å². The Hall–Kier alpha value is -2.60. The Morgan fingerprint density at radius 1 is 1.12 bits per heavy atom. The molecule has 1 amide bonds. The summed E-state index contributed by atoms with van der Waals surface area (Å²) in [5, 5.41) is 2.98. The van der Waals surface area contributed by atoms with Crippen LogP contribution >= 0.6 is 11.7 Å². The van der Waals surface area contributed by atoms with E-state index < -0.39 is 10.0 Å². The molecule has 0 spiro atoms. The Kier molecular flexibility index (Phi) is 7.23. The van der Waals surface area contributed by atoms with Gasteiger partial charge >= 0.3 is 0 Å². The zero-order valence-corrected chi connectivity index (χ0v) is 20.2. The van der Waals surface area contributed by atoms with Gasteiger partial charge in [0.2, 0.25) is 15.9 Å². The van der Waals surface area contributed by atoms with Crippen molar-refractivity contribution in [2.24, 2.45) is 0 Å². The second-order valence-corrected chi connectivity index (χ2v) is 10.3. The van der Waals surface area contributed by atoms with Crippen LogP contribution in [0.15, 0.2) is 47.4 Å². The van der Waals surface area contributed by atoms with E-state index in [-0.39, 0.29) is 16.8 Å². The van der Waals surface area contributed by atoms with E-state index in [2.05, 4.69) is 14.1 Å². The lowest BCUT2D eigenvalue weighted by atomic mass is 10.1. The largest absolute Gasteiger partial charge is 0.497 e.